The van der Waals surface area contributed by atoms with Gasteiger partial charge in [-0.2, -0.15) is 0 Å². The number of ether oxygens (including phenoxy) is 2. The van der Waals surface area contributed by atoms with Crippen molar-refractivity contribution in [2.75, 3.05) is 13.2 Å². The van der Waals surface area contributed by atoms with Crippen molar-refractivity contribution >= 4 is 27.7 Å². The van der Waals surface area contributed by atoms with Crippen molar-refractivity contribution in [2.45, 2.75) is 32.1 Å². The Bertz CT molecular complexity index is 904. The van der Waals surface area contributed by atoms with Crippen LogP contribution in [0.15, 0.2) is 48.5 Å². The number of hydrogen-bond acceptors (Lipinski definition) is 4. The van der Waals surface area contributed by atoms with Crippen LogP contribution >= 0.6 is 0 Å². The number of amides is 1. The Hall–Kier alpha value is -2.41. The Morgan fingerprint density at radius 1 is 1.11 bits per heavy atom. The highest BCUT2D eigenvalue weighted by atomic mass is 16.7. The van der Waals surface area contributed by atoms with Gasteiger partial charge < -0.3 is 14.0 Å². The van der Waals surface area contributed by atoms with Gasteiger partial charge in [0, 0.05) is 34.3 Å². The standard InChI is InChI=1S/C21H24N2O4/c1-21(20(24)22-25)26-13-15(14-27-21)7-6-12-23-18-10-4-2-8-16(18)17-9-3-5-11-19(17)23/h2-5,8-11,15,25H,6-7,12-14H2,1H3,(H,22,24). The topological polar surface area (TPSA) is 72.7 Å². The lowest BCUT2D eigenvalue weighted by atomic mass is 10.0. The van der Waals surface area contributed by atoms with Crippen LogP contribution in [0.25, 0.3) is 21.8 Å². The summed E-state index contributed by atoms with van der Waals surface area (Å²) < 4.78 is 13.5. The average molecular weight is 368 g/mol. The summed E-state index contributed by atoms with van der Waals surface area (Å²) in [5.74, 6) is -1.85. The van der Waals surface area contributed by atoms with E-state index in [1.165, 1.54) is 28.7 Å². The van der Waals surface area contributed by atoms with E-state index in [1.807, 2.05) is 0 Å². The molecule has 6 heteroatoms. The quantitative estimate of drug-likeness (QED) is 0.534. The fourth-order valence-electron chi connectivity index (χ4n) is 3.83. The van der Waals surface area contributed by atoms with Crippen LogP contribution in [0.4, 0.5) is 0 Å². The molecule has 1 saturated heterocycles. The van der Waals surface area contributed by atoms with Gasteiger partial charge in [0.05, 0.1) is 13.2 Å². The van der Waals surface area contributed by atoms with E-state index < -0.39 is 11.7 Å². The van der Waals surface area contributed by atoms with Crippen LogP contribution in [0.1, 0.15) is 19.8 Å². The monoisotopic (exact) mass is 368 g/mol. The van der Waals surface area contributed by atoms with Crippen LogP contribution in [-0.2, 0) is 20.8 Å². The van der Waals surface area contributed by atoms with Crippen molar-refractivity contribution in [3.8, 4) is 0 Å². The summed E-state index contributed by atoms with van der Waals surface area (Å²) >= 11 is 0. The second kappa shape index (κ2) is 7.31. The maximum Gasteiger partial charge on any atom is 0.303 e. The summed E-state index contributed by atoms with van der Waals surface area (Å²) in [5.41, 5.74) is 4.10. The Morgan fingerprint density at radius 3 is 2.22 bits per heavy atom. The first-order valence-corrected chi connectivity index (χ1v) is 9.31. The Balaban J connectivity index is 1.42. The number of benzene rings is 2. The van der Waals surface area contributed by atoms with Crippen LogP contribution in [0, 0.1) is 5.92 Å². The summed E-state index contributed by atoms with van der Waals surface area (Å²) in [4.78, 5) is 11.6. The van der Waals surface area contributed by atoms with E-state index in [-0.39, 0.29) is 5.92 Å². The zero-order chi connectivity index (χ0) is 18.9. The highest BCUT2D eigenvalue weighted by Gasteiger charge is 2.40. The van der Waals surface area contributed by atoms with E-state index in [2.05, 4.69) is 53.1 Å². The number of hydrogen-bond donors (Lipinski definition) is 2. The van der Waals surface area contributed by atoms with Gasteiger partial charge in [-0.1, -0.05) is 36.4 Å². The molecule has 4 rings (SSSR count). The van der Waals surface area contributed by atoms with Crippen LogP contribution < -0.4 is 5.48 Å². The third-order valence-electron chi connectivity index (χ3n) is 5.38. The molecular weight excluding hydrogens is 344 g/mol. The molecule has 0 atom stereocenters. The van der Waals surface area contributed by atoms with E-state index in [0.717, 1.165) is 19.4 Å². The van der Waals surface area contributed by atoms with Crippen molar-refractivity contribution < 1.29 is 19.5 Å². The molecule has 3 aromatic rings. The molecule has 6 nitrogen and oxygen atoms in total. The van der Waals surface area contributed by atoms with Crippen molar-refractivity contribution in [2.24, 2.45) is 5.92 Å². The number of nitrogens with zero attached hydrogens (tertiary/aromatic N) is 1. The molecule has 0 bridgehead atoms. The molecule has 0 aliphatic carbocycles. The van der Waals surface area contributed by atoms with E-state index >= 15 is 0 Å². The molecule has 1 amide bonds. The largest absolute Gasteiger partial charge is 0.342 e. The molecule has 1 fully saturated rings. The minimum atomic E-state index is -1.40. The summed E-state index contributed by atoms with van der Waals surface area (Å²) in [6, 6.07) is 17.0. The molecular formula is C21H24N2O4. The molecule has 0 unspecified atom stereocenters. The lowest BCUT2D eigenvalue weighted by Gasteiger charge is -2.35. The summed E-state index contributed by atoms with van der Waals surface area (Å²) in [6.45, 7) is 3.32. The first-order chi connectivity index (χ1) is 13.1. The van der Waals surface area contributed by atoms with Crippen LogP contribution in [0.5, 0.6) is 0 Å². The second-order valence-electron chi connectivity index (χ2n) is 7.20. The molecule has 142 valence electrons. The third-order valence-corrected chi connectivity index (χ3v) is 5.38. The second-order valence-corrected chi connectivity index (χ2v) is 7.20. The van der Waals surface area contributed by atoms with Gasteiger partial charge in [-0.25, -0.2) is 5.48 Å². The van der Waals surface area contributed by atoms with Crippen LogP contribution in [0.3, 0.4) is 0 Å². The predicted molar refractivity (Wildman–Crippen MR) is 102 cm³/mol. The lowest BCUT2D eigenvalue weighted by Crippen LogP contribution is -2.52. The van der Waals surface area contributed by atoms with Gasteiger partial charge in [0.25, 0.3) is 0 Å². The van der Waals surface area contributed by atoms with E-state index in [0.29, 0.717) is 13.2 Å². The zero-order valence-electron chi connectivity index (χ0n) is 15.4. The van der Waals surface area contributed by atoms with Gasteiger partial charge in [0.1, 0.15) is 0 Å². The van der Waals surface area contributed by atoms with Gasteiger partial charge in [-0.15, -0.1) is 0 Å². The lowest BCUT2D eigenvalue weighted by molar-refractivity contribution is -0.264. The van der Waals surface area contributed by atoms with Crippen LogP contribution in [-0.4, -0.2) is 34.7 Å². The third kappa shape index (κ3) is 3.32. The van der Waals surface area contributed by atoms with Crippen LogP contribution in [0.2, 0.25) is 0 Å². The van der Waals surface area contributed by atoms with Crippen molar-refractivity contribution in [3.05, 3.63) is 48.5 Å². The van der Waals surface area contributed by atoms with E-state index in [4.69, 9.17) is 14.7 Å². The number of hydroxylamine groups is 1. The molecule has 0 radical (unpaired) electrons. The summed E-state index contributed by atoms with van der Waals surface area (Å²) in [6.07, 6.45) is 1.93. The molecule has 0 saturated carbocycles. The molecule has 2 heterocycles. The fourth-order valence-corrected chi connectivity index (χ4v) is 3.83. The van der Waals surface area contributed by atoms with Gasteiger partial charge in [0.2, 0.25) is 5.79 Å². The Morgan fingerprint density at radius 2 is 1.67 bits per heavy atom. The molecule has 2 aromatic carbocycles. The minimum Gasteiger partial charge on any atom is -0.342 e. The number of fused-ring (bicyclic) bond motifs is 3. The summed E-state index contributed by atoms with van der Waals surface area (Å²) in [7, 11) is 0. The van der Waals surface area contributed by atoms with Crippen molar-refractivity contribution in [1.82, 2.24) is 10.0 Å². The van der Waals surface area contributed by atoms with Gasteiger partial charge >= 0.3 is 5.91 Å². The van der Waals surface area contributed by atoms with Crippen molar-refractivity contribution in [3.63, 3.8) is 0 Å². The van der Waals surface area contributed by atoms with E-state index in [1.54, 1.807) is 5.48 Å². The molecule has 27 heavy (non-hydrogen) atoms. The minimum absolute atomic E-state index is 0.234. The Kier molecular flexibility index (Phi) is 4.86. The SMILES string of the molecule is CC1(C(=O)NO)OCC(CCCn2c3ccccc3c3ccccc32)CO1. The zero-order valence-corrected chi connectivity index (χ0v) is 15.4. The van der Waals surface area contributed by atoms with Gasteiger partial charge in [-0.3, -0.25) is 10.0 Å². The molecule has 0 spiro atoms. The maximum atomic E-state index is 11.6. The predicted octanol–water partition coefficient (Wildman–Crippen LogP) is 3.46. The van der Waals surface area contributed by atoms with Gasteiger partial charge in [0.15, 0.2) is 0 Å². The first kappa shape index (κ1) is 18.0. The number of carbonyl (C=O) groups is 1. The smallest absolute Gasteiger partial charge is 0.303 e. The molecule has 1 aromatic heterocycles. The van der Waals surface area contributed by atoms with Crippen molar-refractivity contribution in [1.29, 1.82) is 0 Å². The number of aryl methyl sites for hydroxylation is 1. The summed E-state index contributed by atoms with van der Waals surface area (Å²) in [5, 5.41) is 11.3. The number of nitrogens with one attached hydrogen (secondary N) is 1. The normalized spacial score (nSPS) is 23.0. The first-order valence-electron chi connectivity index (χ1n) is 9.31. The average Bonchev–Trinajstić information content (AvgIpc) is 3.03. The van der Waals surface area contributed by atoms with Gasteiger partial charge in [-0.05, 0) is 31.9 Å². The molecule has 1 aliphatic heterocycles. The number of carbonyl (C=O) groups excluding carboxylic acids is 1. The van der Waals surface area contributed by atoms with E-state index in [9.17, 15) is 4.79 Å². The number of aromatic nitrogens is 1. The number of para-hydroxylation sites is 2. The maximum absolute atomic E-state index is 11.6. The molecule has 1 aliphatic rings. The Labute approximate surface area is 157 Å². The number of rotatable bonds is 5. The fraction of sp³-hybridized carbons (Fsp3) is 0.381. The molecule has 2 N–H and O–H groups in total. The highest BCUT2D eigenvalue weighted by molar-refractivity contribution is 6.07. The highest BCUT2D eigenvalue weighted by Crippen LogP contribution is 2.30.